The quantitative estimate of drug-likeness (QED) is 0.774. The van der Waals surface area contributed by atoms with Crippen LogP contribution in [0.25, 0.3) is 16.7 Å². The fourth-order valence-electron chi connectivity index (χ4n) is 2.28. The summed E-state index contributed by atoms with van der Waals surface area (Å²) in [5, 5.41) is 9.31. The molecule has 2 N–H and O–H groups in total. The zero-order valence-corrected chi connectivity index (χ0v) is 11.9. The van der Waals surface area contributed by atoms with Gasteiger partial charge in [0.2, 0.25) is 0 Å². The van der Waals surface area contributed by atoms with E-state index in [1.165, 1.54) is 4.57 Å². The lowest BCUT2D eigenvalue weighted by atomic mass is 10.2. The van der Waals surface area contributed by atoms with Crippen LogP contribution in [0, 0.1) is 11.3 Å². The lowest BCUT2D eigenvalue weighted by molar-refractivity contribution is 0.694. The highest BCUT2D eigenvalue weighted by Crippen LogP contribution is 2.16. The molecule has 1 unspecified atom stereocenters. The predicted octanol–water partition coefficient (Wildman–Crippen LogP) is 1.67. The van der Waals surface area contributed by atoms with Crippen LogP contribution in [0.15, 0.2) is 47.4 Å². The lowest BCUT2D eigenvalue weighted by Gasteiger charge is -2.15. The van der Waals surface area contributed by atoms with Gasteiger partial charge in [0.15, 0.2) is 5.65 Å². The van der Waals surface area contributed by atoms with Gasteiger partial charge in [-0.2, -0.15) is 5.26 Å². The molecule has 0 amide bonds. The van der Waals surface area contributed by atoms with E-state index >= 15 is 0 Å². The van der Waals surface area contributed by atoms with Crippen molar-refractivity contribution < 1.29 is 0 Å². The summed E-state index contributed by atoms with van der Waals surface area (Å²) in [6.45, 7) is 1.76. The summed E-state index contributed by atoms with van der Waals surface area (Å²) in [6, 6.07) is 11.7. The third kappa shape index (κ3) is 2.24. The summed E-state index contributed by atoms with van der Waals surface area (Å²) >= 11 is 0. The van der Waals surface area contributed by atoms with Crippen LogP contribution in [0.2, 0.25) is 0 Å². The second kappa shape index (κ2) is 5.39. The number of hydrogen-bond acceptors (Lipinski definition) is 5. The van der Waals surface area contributed by atoms with Crippen molar-refractivity contribution in [1.82, 2.24) is 14.5 Å². The van der Waals surface area contributed by atoms with Crippen LogP contribution < -0.4 is 11.3 Å². The predicted molar refractivity (Wildman–Crippen MR) is 82.5 cm³/mol. The van der Waals surface area contributed by atoms with E-state index in [9.17, 15) is 4.79 Å². The Morgan fingerprint density at radius 2 is 2.00 bits per heavy atom. The summed E-state index contributed by atoms with van der Waals surface area (Å²) < 4.78 is 1.47. The van der Waals surface area contributed by atoms with Gasteiger partial charge in [0.05, 0.1) is 28.7 Å². The highest BCUT2D eigenvalue weighted by atomic mass is 16.1. The van der Waals surface area contributed by atoms with Gasteiger partial charge in [0.25, 0.3) is 5.56 Å². The Morgan fingerprint density at radius 3 is 2.64 bits per heavy atom. The Kier molecular flexibility index (Phi) is 3.41. The SMILES string of the molecule is CC(N)c1nc2ncccc2c(=O)n1-c1ccc(C#N)cc1. The molecule has 22 heavy (non-hydrogen) atoms. The van der Waals surface area contributed by atoms with Crippen molar-refractivity contribution in [2.24, 2.45) is 5.73 Å². The van der Waals surface area contributed by atoms with Crippen molar-refractivity contribution in [1.29, 1.82) is 5.26 Å². The Balaban J connectivity index is 2.35. The molecular formula is C16H13N5O. The van der Waals surface area contributed by atoms with Crippen molar-refractivity contribution in [2.75, 3.05) is 0 Å². The van der Waals surface area contributed by atoms with Crippen LogP contribution in [0.5, 0.6) is 0 Å². The van der Waals surface area contributed by atoms with E-state index in [2.05, 4.69) is 9.97 Å². The minimum atomic E-state index is -0.435. The van der Waals surface area contributed by atoms with E-state index in [1.807, 2.05) is 6.07 Å². The first-order valence-electron chi connectivity index (χ1n) is 6.75. The summed E-state index contributed by atoms with van der Waals surface area (Å²) in [5.41, 5.74) is 7.26. The fourth-order valence-corrected chi connectivity index (χ4v) is 2.28. The maximum Gasteiger partial charge on any atom is 0.267 e. The number of benzene rings is 1. The topological polar surface area (TPSA) is 97.6 Å². The summed E-state index contributed by atoms with van der Waals surface area (Å²) in [7, 11) is 0. The van der Waals surface area contributed by atoms with E-state index in [4.69, 9.17) is 11.0 Å². The Bertz CT molecular complexity index is 935. The zero-order chi connectivity index (χ0) is 15.7. The summed E-state index contributed by atoms with van der Waals surface area (Å²) in [6.07, 6.45) is 1.59. The molecule has 3 aromatic rings. The normalized spacial score (nSPS) is 12.0. The molecule has 0 aliphatic carbocycles. The van der Waals surface area contributed by atoms with Gasteiger partial charge in [0, 0.05) is 6.20 Å². The average Bonchev–Trinajstić information content (AvgIpc) is 2.55. The number of nitrogens with zero attached hydrogens (tertiary/aromatic N) is 4. The monoisotopic (exact) mass is 291 g/mol. The Hall–Kier alpha value is -3.04. The number of aromatic nitrogens is 3. The van der Waals surface area contributed by atoms with Gasteiger partial charge in [0.1, 0.15) is 5.82 Å². The molecule has 1 atom stereocenters. The molecule has 2 aromatic heterocycles. The first-order chi connectivity index (χ1) is 10.6. The molecule has 0 spiro atoms. The first-order valence-corrected chi connectivity index (χ1v) is 6.75. The maximum atomic E-state index is 12.8. The van der Waals surface area contributed by atoms with Gasteiger partial charge in [-0.15, -0.1) is 0 Å². The highest BCUT2D eigenvalue weighted by Gasteiger charge is 2.15. The second-order valence-corrected chi connectivity index (χ2v) is 4.93. The smallest absolute Gasteiger partial charge is 0.267 e. The number of pyridine rings is 1. The Morgan fingerprint density at radius 1 is 1.27 bits per heavy atom. The molecule has 6 heteroatoms. The van der Waals surface area contributed by atoms with Crippen LogP contribution in [0.3, 0.4) is 0 Å². The molecule has 0 saturated heterocycles. The fraction of sp³-hybridized carbons (Fsp3) is 0.125. The van der Waals surface area contributed by atoms with Gasteiger partial charge in [-0.3, -0.25) is 9.36 Å². The molecule has 2 heterocycles. The molecule has 0 saturated carbocycles. The number of fused-ring (bicyclic) bond motifs is 1. The van der Waals surface area contributed by atoms with E-state index in [0.717, 1.165) is 0 Å². The van der Waals surface area contributed by atoms with Crippen molar-refractivity contribution in [3.63, 3.8) is 0 Å². The minimum absolute atomic E-state index is 0.227. The van der Waals surface area contributed by atoms with Crippen molar-refractivity contribution in [3.05, 3.63) is 64.3 Å². The van der Waals surface area contributed by atoms with Gasteiger partial charge < -0.3 is 5.73 Å². The molecule has 0 bridgehead atoms. The average molecular weight is 291 g/mol. The first kappa shape index (κ1) is 13.9. The number of nitrogens with two attached hydrogens (primary N) is 1. The van der Waals surface area contributed by atoms with Gasteiger partial charge in [-0.1, -0.05) is 0 Å². The summed E-state index contributed by atoms with van der Waals surface area (Å²) in [5.74, 6) is 0.431. The van der Waals surface area contributed by atoms with E-state index in [1.54, 1.807) is 49.5 Å². The van der Waals surface area contributed by atoms with E-state index < -0.39 is 6.04 Å². The third-order valence-corrected chi connectivity index (χ3v) is 3.33. The molecule has 0 radical (unpaired) electrons. The zero-order valence-electron chi connectivity index (χ0n) is 11.9. The van der Waals surface area contributed by atoms with E-state index in [0.29, 0.717) is 28.1 Å². The van der Waals surface area contributed by atoms with Crippen LogP contribution in [-0.2, 0) is 0 Å². The molecular weight excluding hydrogens is 278 g/mol. The standard InChI is InChI=1S/C16H13N5O/c1-10(18)15-20-14-13(3-2-8-19-14)16(22)21(15)12-6-4-11(9-17)5-7-12/h2-8,10H,18H2,1H3. The third-order valence-electron chi connectivity index (χ3n) is 3.33. The molecule has 0 aliphatic rings. The Labute approximate surface area is 126 Å². The van der Waals surface area contributed by atoms with Crippen molar-refractivity contribution in [3.8, 4) is 11.8 Å². The molecule has 1 aromatic carbocycles. The van der Waals surface area contributed by atoms with Gasteiger partial charge in [-0.25, -0.2) is 9.97 Å². The van der Waals surface area contributed by atoms with Crippen LogP contribution in [-0.4, -0.2) is 14.5 Å². The van der Waals surface area contributed by atoms with Crippen molar-refractivity contribution >= 4 is 11.0 Å². The van der Waals surface area contributed by atoms with E-state index in [-0.39, 0.29) is 5.56 Å². The summed E-state index contributed by atoms with van der Waals surface area (Å²) in [4.78, 5) is 21.3. The van der Waals surface area contributed by atoms with Crippen LogP contribution in [0.4, 0.5) is 0 Å². The van der Waals surface area contributed by atoms with Crippen LogP contribution >= 0.6 is 0 Å². The van der Waals surface area contributed by atoms with Gasteiger partial charge in [-0.05, 0) is 43.3 Å². The number of nitriles is 1. The molecule has 0 fully saturated rings. The maximum absolute atomic E-state index is 12.8. The number of rotatable bonds is 2. The second-order valence-electron chi connectivity index (χ2n) is 4.93. The molecule has 0 aliphatic heterocycles. The molecule has 3 rings (SSSR count). The molecule has 6 nitrogen and oxygen atoms in total. The minimum Gasteiger partial charge on any atom is -0.322 e. The lowest BCUT2D eigenvalue weighted by Crippen LogP contribution is -2.27. The molecule has 108 valence electrons. The van der Waals surface area contributed by atoms with Crippen molar-refractivity contribution in [2.45, 2.75) is 13.0 Å². The largest absolute Gasteiger partial charge is 0.322 e. The van der Waals surface area contributed by atoms with Gasteiger partial charge >= 0.3 is 0 Å². The number of hydrogen-bond donors (Lipinski definition) is 1. The van der Waals surface area contributed by atoms with Crippen LogP contribution in [0.1, 0.15) is 24.4 Å². The highest BCUT2D eigenvalue weighted by molar-refractivity contribution is 5.73.